The first-order valence-electron chi connectivity index (χ1n) is 11.4. The summed E-state index contributed by atoms with van der Waals surface area (Å²) in [5, 5.41) is 0. The van der Waals surface area contributed by atoms with Crippen molar-refractivity contribution in [2.75, 3.05) is 21.1 Å². The predicted molar refractivity (Wildman–Crippen MR) is 129 cm³/mol. The molecule has 1 aromatic carbocycles. The maximum atomic E-state index is 4.95. The number of imidazole rings is 1. The van der Waals surface area contributed by atoms with Gasteiger partial charge in [0.2, 0.25) is 0 Å². The van der Waals surface area contributed by atoms with Crippen LogP contribution in [0, 0.1) is 0 Å². The van der Waals surface area contributed by atoms with Crippen LogP contribution in [0.15, 0.2) is 67.0 Å². The number of hydrogen-bond acceptors (Lipinski definition) is 4. The molecule has 4 aromatic rings. The summed E-state index contributed by atoms with van der Waals surface area (Å²) in [5.41, 5.74) is 8.42. The molecule has 0 radical (unpaired) electrons. The van der Waals surface area contributed by atoms with Crippen molar-refractivity contribution in [1.82, 2.24) is 24.2 Å². The molecule has 164 valence electrons. The van der Waals surface area contributed by atoms with Crippen molar-refractivity contribution in [2.45, 2.75) is 38.4 Å². The van der Waals surface area contributed by atoms with Crippen molar-refractivity contribution in [1.29, 1.82) is 0 Å². The summed E-state index contributed by atoms with van der Waals surface area (Å²) in [7, 11) is 6.41. The number of aromatic nitrogens is 3. The Kier molecular flexibility index (Phi) is 5.77. The number of fused-ring (bicyclic) bond motifs is 2. The van der Waals surface area contributed by atoms with E-state index in [-0.39, 0.29) is 0 Å². The fraction of sp³-hybridized carbons (Fsp3) is 0.333. The van der Waals surface area contributed by atoms with Crippen molar-refractivity contribution in [3.05, 3.63) is 89.5 Å². The second-order valence-electron chi connectivity index (χ2n) is 9.18. The fourth-order valence-electron chi connectivity index (χ4n) is 4.95. The van der Waals surface area contributed by atoms with Crippen molar-refractivity contribution in [3.63, 3.8) is 0 Å². The zero-order valence-electron chi connectivity index (χ0n) is 19.2. The third-order valence-electron chi connectivity index (χ3n) is 6.37. The summed E-state index contributed by atoms with van der Waals surface area (Å²) in [6.45, 7) is 1.74. The van der Waals surface area contributed by atoms with Gasteiger partial charge in [-0.2, -0.15) is 0 Å². The maximum absolute atomic E-state index is 4.95. The third kappa shape index (κ3) is 4.18. The molecule has 5 heteroatoms. The molecule has 32 heavy (non-hydrogen) atoms. The summed E-state index contributed by atoms with van der Waals surface area (Å²) >= 11 is 0. The largest absolute Gasteiger partial charge is 0.305 e. The number of rotatable bonds is 6. The molecule has 3 heterocycles. The molecule has 1 aliphatic rings. The Labute approximate surface area is 190 Å². The van der Waals surface area contributed by atoms with E-state index in [0.717, 1.165) is 37.3 Å². The van der Waals surface area contributed by atoms with E-state index in [1.807, 2.05) is 6.20 Å². The first-order chi connectivity index (χ1) is 15.6. The second kappa shape index (κ2) is 8.85. The van der Waals surface area contributed by atoms with Gasteiger partial charge in [-0.1, -0.05) is 30.3 Å². The smallest absolute Gasteiger partial charge is 0.137 e. The highest BCUT2D eigenvalue weighted by Crippen LogP contribution is 2.33. The molecule has 0 bridgehead atoms. The van der Waals surface area contributed by atoms with E-state index < -0.39 is 0 Å². The third-order valence-corrected chi connectivity index (χ3v) is 6.37. The van der Waals surface area contributed by atoms with Crippen LogP contribution in [0.25, 0.3) is 16.9 Å². The molecule has 0 fully saturated rings. The molecule has 5 nitrogen and oxygen atoms in total. The van der Waals surface area contributed by atoms with Crippen molar-refractivity contribution in [2.24, 2.45) is 0 Å². The molecule has 3 aromatic heterocycles. The number of benzene rings is 1. The van der Waals surface area contributed by atoms with Crippen molar-refractivity contribution in [3.8, 4) is 11.3 Å². The predicted octanol–water partition coefficient (Wildman–Crippen LogP) is 4.97. The van der Waals surface area contributed by atoms with Gasteiger partial charge in [-0.05, 0) is 81.4 Å². The van der Waals surface area contributed by atoms with Crippen molar-refractivity contribution >= 4 is 5.65 Å². The van der Waals surface area contributed by atoms with E-state index >= 15 is 0 Å². The summed E-state index contributed by atoms with van der Waals surface area (Å²) < 4.78 is 2.23. The summed E-state index contributed by atoms with van der Waals surface area (Å²) in [4.78, 5) is 14.3. The number of aryl methyl sites for hydroxylation is 1. The van der Waals surface area contributed by atoms with Crippen LogP contribution in [0.3, 0.4) is 0 Å². The number of pyridine rings is 2. The van der Waals surface area contributed by atoms with Crippen LogP contribution < -0.4 is 0 Å². The minimum absolute atomic E-state index is 0.354. The van der Waals surface area contributed by atoms with Gasteiger partial charge in [0.1, 0.15) is 5.65 Å². The van der Waals surface area contributed by atoms with Gasteiger partial charge in [-0.3, -0.25) is 14.3 Å². The van der Waals surface area contributed by atoms with E-state index in [1.54, 1.807) is 0 Å². The summed E-state index contributed by atoms with van der Waals surface area (Å²) in [5.74, 6) is 0. The lowest BCUT2D eigenvalue weighted by Crippen LogP contribution is -2.28. The first-order valence-corrected chi connectivity index (χ1v) is 11.4. The Hall–Kier alpha value is -3.02. The average Bonchev–Trinajstić information content (AvgIpc) is 3.20. The Balaban J connectivity index is 1.43. The van der Waals surface area contributed by atoms with Crippen LogP contribution in [-0.2, 0) is 19.5 Å². The van der Waals surface area contributed by atoms with Crippen LogP contribution in [-0.4, -0.2) is 45.3 Å². The highest BCUT2D eigenvalue weighted by molar-refractivity contribution is 5.64. The normalized spacial score (nSPS) is 16.1. The molecule has 1 atom stereocenters. The van der Waals surface area contributed by atoms with Crippen LogP contribution in [0.4, 0.5) is 0 Å². The van der Waals surface area contributed by atoms with Gasteiger partial charge in [0.05, 0.1) is 23.1 Å². The number of nitrogens with zero attached hydrogens (tertiary/aromatic N) is 5. The monoisotopic (exact) mass is 425 g/mol. The standard InChI is InChI=1S/C27H31N5/c1-30(2)17-20-8-4-10-22(16-20)24-12-6-14-26-29-23(19-32(24)26)18-31(3)25-13-5-9-21-11-7-15-28-27(21)25/h4,6-8,10-12,14-16,19,25H,5,9,13,17-18H2,1-3H3. The molecular weight excluding hydrogens is 394 g/mol. The zero-order chi connectivity index (χ0) is 22.1. The van der Waals surface area contributed by atoms with E-state index in [1.165, 1.54) is 34.5 Å². The Morgan fingerprint density at radius 2 is 1.88 bits per heavy atom. The van der Waals surface area contributed by atoms with Gasteiger partial charge in [0.25, 0.3) is 0 Å². The molecule has 0 aliphatic heterocycles. The van der Waals surface area contributed by atoms with Crippen LogP contribution >= 0.6 is 0 Å². The molecule has 0 N–H and O–H groups in total. The Bertz CT molecular complexity index is 1230. The van der Waals surface area contributed by atoms with Gasteiger partial charge < -0.3 is 4.90 Å². The molecule has 0 saturated carbocycles. The quantitative estimate of drug-likeness (QED) is 0.437. The Morgan fingerprint density at radius 3 is 2.75 bits per heavy atom. The van der Waals surface area contributed by atoms with E-state index in [4.69, 9.17) is 9.97 Å². The molecular formula is C27H31N5. The van der Waals surface area contributed by atoms with Crippen molar-refractivity contribution < 1.29 is 0 Å². The molecule has 0 amide bonds. The van der Waals surface area contributed by atoms with E-state index in [0.29, 0.717) is 6.04 Å². The lowest BCUT2D eigenvalue weighted by Gasteiger charge is -2.31. The highest BCUT2D eigenvalue weighted by atomic mass is 15.2. The molecule has 1 aliphatic carbocycles. The van der Waals surface area contributed by atoms with E-state index in [9.17, 15) is 0 Å². The van der Waals surface area contributed by atoms with Gasteiger partial charge >= 0.3 is 0 Å². The van der Waals surface area contributed by atoms with Gasteiger partial charge in [-0.15, -0.1) is 0 Å². The highest BCUT2D eigenvalue weighted by Gasteiger charge is 2.25. The second-order valence-corrected chi connectivity index (χ2v) is 9.18. The molecule has 5 rings (SSSR count). The maximum Gasteiger partial charge on any atom is 0.137 e. The molecule has 0 spiro atoms. The minimum atomic E-state index is 0.354. The van der Waals surface area contributed by atoms with Crippen LogP contribution in [0.5, 0.6) is 0 Å². The van der Waals surface area contributed by atoms with Crippen LogP contribution in [0.2, 0.25) is 0 Å². The van der Waals surface area contributed by atoms with Crippen LogP contribution in [0.1, 0.15) is 41.4 Å². The SMILES string of the molecule is CN(C)Cc1cccc(-c2cccc3nc(CN(C)C4CCCc5cccnc54)cn23)c1. The molecule has 1 unspecified atom stereocenters. The Morgan fingerprint density at radius 1 is 1.00 bits per heavy atom. The lowest BCUT2D eigenvalue weighted by atomic mass is 9.91. The summed E-state index contributed by atoms with van der Waals surface area (Å²) in [6, 6.07) is 19.8. The lowest BCUT2D eigenvalue weighted by molar-refractivity contribution is 0.206. The summed E-state index contributed by atoms with van der Waals surface area (Å²) in [6.07, 6.45) is 7.62. The zero-order valence-corrected chi connectivity index (χ0v) is 19.2. The first kappa shape index (κ1) is 20.9. The topological polar surface area (TPSA) is 36.7 Å². The van der Waals surface area contributed by atoms with Gasteiger partial charge in [0, 0.05) is 25.5 Å². The fourth-order valence-corrected chi connectivity index (χ4v) is 4.95. The molecule has 0 saturated heterocycles. The average molecular weight is 426 g/mol. The van der Waals surface area contributed by atoms with Gasteiger partial charge in [0.15, 0.2) is 0 Å². The number of hydrogen-bond donors (Lipinski definition) is 0. The van der Waals surface area contributed by atoms with Gasteiger partial charge in [-0.25, -0.2) is 4.98 Å². The minimum Gasteiger partial charge on any atom is -0.305 e. The van der Waals surface area contributed by atoms with E-state index in [2.05, 4.69) is 96.1 Å².